The van der Waals surface area contributed by atoms with Gasteiger partial charge in [-0.1, -0.05) is 0 Å². The first-order valence-electron chi connectivity index (χ1n) is 8.33. The first-order valence-corrected chi connectivity index (χ1v) is 8.33. The van der Waals surface area contributed by atoms with E-state index in [2.05, 4.69) is 10.2 Å². The van der Waals surface area contributed by atoms with Crippen molar-refractivity contribution in [2.45, 2.75) is 13.0 Å². The van der Waals surface area contributed by atoms with Crippen LogP contribution in [0.2, 0.25) is 0 Å². The zero-order valence-electron chi connectivity index (χ0n) is 14.9. The Morgan fingerprint density at radius 1 is 1.19 bits per heavy atom. The lowest BCUT2D eigenvalue weighted by Crippen LogP contribution is -2.38. The summed E-state index contributed by atoms with van der Waals surface area (Å²) in [7, 11) is 5.03. The van der Waals surface area contributed by atoms with E-state index in [1.807, 2.05) is 19.3 Å². The highest BCUT2D eigenvalue weighted by atomic mass is 16.5. The Morgan fingerprint density at radius 2 is 2.00 bits per heavy atom. The molecule has 134 valence electrons. The van der Waals surface area contributed by atoms with Crippen LogP contribution in [0.1, 0.15) is 21.6 Å². The minimum atomic E-state index is -0.170. The topological polar surface area (TPSA) is 82.3 Å². The summed E-state index contributed by atoms with van der Waals surface area (Å²) in [5, 5.41) is 9.50. The third-order valence-electron chi connectivity index (χ3n) is 4.68. The number of rotatable bonds is 2. The number of benzene rings is 1. The summed E-state index contributed by atoms with van der Waals surface area (Å²) in [5.74, 6) is 0.472. The van der Waals surface area contributed by atoms with E-state index >= 15 is 0 Å². The molecule has 0 aliphatic carbocycles. The summed E-state index contributed by atoms with van der Waals surface area (Å²) in [6, 6.07) is 5.10. The van der Waals surface area contributed by atoms with Crippen molar-refractivity contribution in [1.29, 1.82) is 0 Å². The van der Waals surface area contributed by atoms with Crippen LogP contribution in [-0.4, -0.2) is 44.0 Å². The van der Waals surface area contributed by atoms with Crippen molar-refractivity contribution in [2.75, 3.05) is 13.7 Å². The zero-order chi connectivity index (χ0) is 18.4. The van der Waals surface area contributed by atoms with Gasteiger partial charge in [-0.2, -0.15) is 10.2 Å². The van der Waals surface area contributed by atoms with Crippen molar-refractivity contribution < 1.29 is 9.53 Å². The molecule has 26 heavy (non-hydrogen) atoms. The molecular weight excluding hydrogens is 334 g/mol. The highest BCUT2D eigenvalue weighted by Crippen LogP contribution is 2.27. The van der Waals surface area contributed by atoms with Gasteiger partial charge in [-0.3, -0.25) is 14.3 Å². The molecule has 1 aliphatic heterocycles. The molecule has 0 N–H and O–H groups in total. The maximum absolute atomic E-state index is 13.0. The Kier molecular flexibility index (Phi) is 3.75. The van der Waals surface area contributed by atoms with E-state index in [0.29, 0.717) is 30.8 Å². The molecule has 0 atom stereocenters. The molecule has 0 unspecified atom stereocenters. The molecule has 0 saturated carbocycles. The predicted octanol–water partition coefficient (Wildman–Crippen LogP) is 0.874. The lowest BCUT2D eigenvalue weighted by molar-refractivity contribution is 0.0732. The molecular formula is C18H19N5O3. The molecule has 0 bridgehead atoms. The van der Waals surface area contributed by atoms with Gasteiger partial charge in [-0.05, 0) is 12.1 Å². The van der Waals surface area contributed by atoms with Gasteiger partial charge in [-0.25, -0.2) is 4.68 Å². The van der Waals surface area contributed by atoms with E-state index in [4.69, 9.17) is 4.74 Å². The number of hydrogen-bond donors (Lipinski definition) is 0. The maximum atomic E-state index is 13.0. The van der Waals surface area contributed by atoms with Crippen LogP contribution in [0.15, 0.2) is 29.2 Å². The minimum absolute atomic E-state index is 0.0969. The second kappa shape index (κ2) is 5.98. The Balaban J connectivity index is 1.69. The highest BCUT2D eigenvalue weighted by Gasteiger charge is 2.24. The molecule has 4 rings (SSSR count). The van der Waals surface area contributed by atoms with Crippen molar-refractivity contribution in [3.05, 3.63) is 51.6 Å². The third kappa shape index (κ3) is 2.63. The summed E-state index contributed by atoms with van der Waals surface area (Å²) >= 11 is 0. The van der Waals surface area contributed by atoms with E-state index in [9.17, 15) is 9.59 Å². The highest BCUT2D eigenvalue weighted by molar-refractivity contribution is 5.99. The molecule has 3 aromatic rings. The molecule has 3 heterocycles. The van der Waals surface area contributed by atoms with Crippen LogP contribution in [0, 0.1) is 0 Å². The number of amides is 1. The standard InChI is InChI=1S/C18H19N5O3/c1-21-9-13-6-11(7-15(26-3)17(13)20-21)18(25)23-5-4-14-12(10-23)8-16(24)22(2)19-14/h6-9H,4-5,10H2,1-3H3. The van der Waals surface area contributed by atoms with Crippen LogP contribution >= 0.6 is 0 Å². The number of methoxy groups -OCH3 is 1. The second-order valence-corrected chi connectivity index (χ2v) is 6.47. The van der Waals surface area contributed by atoms with Crippen LogP contribution < -0.4 is 10.3 Å². The number of aryl methyl sites for hydroxylation is 2. The number of carbonyl (C=O) groups excluding carboxylic acids is 1. The molecule has 1 aliphatic rings. The van der Waals surface area contributed by atoms with Gasteiger partial charge in [0.25, 0.3) is 11.5 Å². The van der Waals surface area contributed by atoms with Crippen molar-refractivity contribution >= 4 is 16.8 Å². The van der Waals surface area contributed by atoms with Crippen molar-refractivity contribution in [3.63, 3.8) is 0 Å². The van der Waals surface area contributed by atoms with Crippen molar-refractivity contribution in [1.82, 2.24) is 24.5 Å². The first-order chi connectivity index (χ1) is 12.5. The molecule has 8 nitrogen and oxygen atoms in total. The van der Waals surface area contributed by atoms with Crippen molar-refractivity contribution in [2.24, 2.45) is 14.1 Å². The number of nitrogens with zero attached hydrogens (tertiary/aromatic N) is 5. The molecule has 2 aromatic heterocycles. The molecule has 1 aromatic carbocycles. The summed E-state index contributed by atoms with van der Waals surface area (Å²) in [6.07, 6.45) is 2.48. The smallest absolute Gasteiger partial charge is 0.266 e. The maximum Gasteiger partial charge on any atom is 0.266 e. The van der Waals surface area contributed by atoms with Gasteiger partial charge in [0.05, 0.1) is 12.8 Å². The van der Waals surface area contributed by atoms with E-state index in [-0.39, 0.29) is 11.5 Å². The SMILES string of the molecule is COc1cc(C(=O)N2CCc3nn(C)c(=O)cc3C2)cc2cn(C)nc12. The van der Waals surface area contributed by atoms with Crippen LogP contribution in [0.3, 0.4) is 0 Å². The van der Waals surface area contributed by atoms with Crippen LogP contribution in [0.4, 0.5) is 0 Å². The fourth-order valence-corrected chi connectivity index (χ4v) is 3.35. The monoisotopic (exact) mass is 353 g/mol. The van der Waals surface area contributed by atoms with Crippen LogP contribution in [0.25, 0.3) is 10.9 Å². The van der Waals surface area contributed by atoms with Crippen molar-refractivity contribution in [3.8, 4) is 5.75 Å². The summed E-state index contributed by atoms with van der Waals surface area (Å²) in [4.78, 5) is 26.6. The second-order valence-electron chi connectivity index (χ2n) is 6.47. The van der Waals surface area contributed by atoms with E-state index in [0.717, 1.165) is 22.2 Å². The Hall–Kier alpha value is -3.16. The number of carbonyl (C=O) groups is 1. The van der Waals surface area contributed by atoms with Gasteiger partial charge in [0, 0.05) is 62.4 Å². The van der Waals surface area contributed by atoms with Crippen LogP contribution in [-0.2, 0) is 27.1 Å². The largest absolute Gasteiger partial charge is 0.494 e. The number of hydrogen-bond acceptors (Lipinski definition) is 5. The van der Waals surface area contributed by atoms with Gasteiger partial charge in [0.1, 0.15) is 11.3 Å². The van der Waals surface area contributed by atoms with E-state index in [1.54, 1.807) is 35.9 Å². The fourth-order valence-electron chi connectivity index (χ4n) is 3.35. The van der Waals surface area contributed by atoms with Gasteiger partial charge in [0.2, 0.25) is 0 Å². The Bertz CT molecular complexity index is 1080. The first kappa shape index (κ1) is 16.3. The Morgan fingerprint density at radius 3 is 2.77 bits per heavy atom. The van der Waals surface area contributed by atoms with Gasteiger partial charge in [-0.15, -0.1) is 0 Å². The molecule has 0 saturated heterocycles. The molecule has 1 amide bonds. The number of fused-ring (bicyclic) bond motifs is 2. The minimum Gasteiger partial charge on any atom is -0.494 e. The zero-order valence-corrected chi connectivity index (χ0v) is 14.9. The predicted molar refractivity (Wildman–Crippen MR) is 95.2 cm³/mol. The average molecular weight is 353 g/mol. The lowest BCUT2D eigenvalue weighted by atomic mass is 10.0. The number of ether oxygens (including phenoxy) is 1. The molecule has 0 fully saturated rings. The third-order valence-corrected chi connectivity index (χ3v) is 4.68. The molecule has 8 heteroatoms. The summed E-state index contributed by atoms with van der Waals surface area (Å²) in [5.41, 5.74) is 2.78. The molecule has 0 spiro atoms. The van der Waals surface area contributed by atoms with Crippen LogP contribution in [0.5, 0.6) is 5.75 Å². The fraction of sp³-hybridized carbons (Fsp3) is 0.333. The van der Waals surface area contributed by atoms with E-state index < -0.39 is 0 Å². The van der Waals surface area contributed by atoms with Gasteiger partial charge >= 0.3 is 0 Å². The average Bonchev–Trinajstić information content (AvgIpc) is 3.01. The number of aromatic nitrogens is 4. The summed E-state index contributed by atoms with van der Waals surface area (Å²) in [6.45, 7) is 0.940. The summed E-state index contributed by atoms with van der Waals surface area (Å²) < 4.78 is 8.43. The van der Waals surface area contributed by atoms with Gasteiger partial charge < -0.3 is 9.64 Å². The lowest BCUT2D eigenvalue weighted by Gasteiger charge is -2.28. The quantitative estimate of drug-likeness (QED) is 0.683. The van der Waals surface area contributed by atoms with Gasteiger partial charge in [0.15, 0.2) is 0 Å². The van der Waals surface area contributed by atoms with E-state index in [1.165, 1.54) is 4.68 Å². The normalized spacial score (nSPS) is 13.7. The Labute approximate surface area is 149 Å². The molecule has 0 radical (unpaired) electrons.